The number of alkyl halides is 5. The van der Waals surface area contributed by atoms with Crippen molar-refractivity contribution in [3.63, 3.8) is 0 Å². The number of nitrogens with one attached hydrogen (secondary N) is 4. The van der Waals surface area contributed by atoms with Gasteiger partial charge in [0, 0.05) is 47.8 Å². The van der Waals surface area contributed by atoms with E-state index in [-0.39, 0.29) is 37.7 Å². The van der Waals surface area contributed by atoms with E-state index in [4.69, 9.17) is 17.0 Å². The van der Waals surface area contributed by atoms with Crippen LogP contribution in [0.1, 0.15) is 62.2 Å². The largest absolute Gasteiger partial charge is 0.451 e. The first-order chi connectivity index (χ1) is 19.4. The monoisotopic (exact) mass is 601 g/mol. The van der Waals surface area contributed by atoms with Gasteiger partial charge in [0.25, 0.3) is 11.8 Å². The van der Waals surface area contributed by atoms with Gasteiger partial charge in [-0.25, -0.2) is 8.78 Å². The molecule has 0 bridgehead atoms. The molecule has 0 spiro atoms. The first kappa shape index (κ1) is 30.9. The van der Waals surface area contributed by atoms with Crippen molar-refractivity contribution in [2.24, 2.45) is 0 Å². The van der Waals surface area contributed by atoms with Crippen LogP contribution in [0.5, 0.6) is 0 Å². The fourth-order valence-electron chi connectivity index (χ4n) is 5.19. The van der Waals surface area contributed by atoms with Crippen molar-refractivity contribution in [1.82, 2.24) is 30.7 Å². The Morgan fingerprint density at radius 3 is 2.61 bits per heavy atom. The van der Waals surface area contributed by atoms with Crippen molar-refractivity contribution in [3.05, 3.63) is 52.6 Å². The van der Waals surface area contributed by atoms with E-state index in [1.54, 1.807) is 29.2 Å². The average molecular weight is 602 g/mol. The highest BCUT2D eigenvalue weighted by molar-refractivity contribution is 6.43. The maximum atomic E-state index is 13.9. The molecule has 1 aromatic carbocycles. The van der Waals surface area contributed by atoms with Gasteiger partial charge < -0.3 is 15.6 Å². The molecule has 1 saturated carbocycles. The van der Waals surface area contributed by atoms with E-state index in [2.05, 4.69) is 25.8 Å². The number of benzene rings is 1. The van der Waals surface area contributed by atoms with Crippen LogP contribution >= 0.6 is 11.6 Å². The molecule has 4 rings (SSSR count). The summed E-state index contributed by atoms with van der Waals surface area (Å²) in [7, 11) is 0. The van der Waals surface area contributed by atoms with E-state index in [0.29, 0.717) is 29.2 Å². The molecular formula is C27H33ClF5N7O. The van der Waals surface area contributed by atoms with Gasteiger partial charge in [-0.3, -0.25) is 15.1 Å². The van der Waals surface area contributed by atoms with Crippen molar-refractivity contribution in [1.29, 1.82) is 5.41 Å². The summed E-state index contributed by atoms with van der Waals surface area (Å²) in [6.07, 6.45) is 0.772. The number of aromatic amines is 1. The van der Waals surface area contributed by atoms with Crippen LogP contribution in [0.15, 0.2) is 30.3 Å². The van der Waals surface area contributed by atoms with Gasteiger partial charge in [-0.05, 0) is 44.4 Å². The molecule has 1 aliphatic heterocycles. The lowest BCUT2D eigenvalue weighted by molar-refractivity contribution is -0.144. The lowest BCUT2D eigenvalue weighted by atomic mass is 10.0. The molecule has 1 amide bonds. The van der Waals surface area contributed by atoms with Crippen LogP contribution in [0.3, 0.4) is 0 Å². The molecule has 0 unspecified atom stereocenters. The summed E-state index contributed by atoms with van der Waals surface area (Å²) < 4.78 is 66.9. The number of likely N-dealkylation sites (tertiary alicyclic amines) is 1. The van der Waals surface area contributed by atoms with E-state index in [1.165, 1.54) is 6.08 Å². The smallest absolute Gasteiger partial charge is 0.382 e. The maximum Gasteiger partial charge on any atom is 0.451 e. The Labute approximate surface area is 239 Å². The normalized spacial score (nSPS) is 19.2. The zero-order valence-corrected chi connectivity index (χ0v) is 23.1. The van der Waals surface area contributed by atoms with Crippen LogP contribution in [-0.4, -0.2) is 69.3 Å². The van der Waals surface area contributed by atoms with Crippen LogP contribution in [-0.2, 0) is 17.4 Å². The van der Waals surface area contributed by atoms with E-state index < -0.39 is 42.1 Å². The zero-order chi connectivity index (χ0) is 29.6. The summed E-state index contributed by atoms with van der Waals surface area (Å²) in [4.78, 5) is 16.8. The number of piperidine rings is 1. The fraction of sp³-hybridized carbons (Fsp3) is 0.556. The molecule has 2 aromatic rings. The van der Waals surface area contributed by atoms with Gasteiger partial charge >= 0.3 is 6.18 Å². The first-order valence-corrected chi connectivity index (χ1v) is 14.0. The lowest BCUT2D eigenvalue weighted by Crippen LogP contribution is -2.46. The standard InChI is InChI=1S/C27H33ClF5N7O/c28-20-9-4-3-8-19(20)22(35-17-6-1-2-7-17)15-21(34)24(41)36-18(10-13-40-12-5-11-26(29,30)16-40)14-23-37-25(39-38-23)27(31,32)33/h3-4,8-9,15,17-18,34-35H,1-2,5-7,10-14,16H2,(H,36,41)(H,37,38,39)/b22-15-,34-21?/t18-/m0/s1. The molecule has 1 aliphatic carbocycles. The zero-order valence-electron chi connectivity index (χ0n) is 22.3. The number of rotatable bonds is 11. The van der Waals surface area contributed by atoms with Gasteiger partial charge in [-0.1, -0.05) is 42.6 Å². The second-order valence-electron chi connectivity index (χ2n) is 10.6. The minimum Gasteiger partial charge on any atom is -0.382 e. The number of carbonyl (C=O) groups is 1. The molecule has 1 saturated heterocycles. The van der Waals surface area contributed by atoms with Gasteiger partial charge in [-0.2, -0.15) is 13.2 Å². The summed E-state index contributed by atoms with van der Waals surface area (Å²) in [5.74, 6) is -4.98. The second kappa shape index (κ2) is 13.3. The quantitative estimate of drug-likeness (QED) is 0.209. The minimum absolute atomic E-state index is 0.117. The Morgan fingerprint density at radius 2 is 1.95 bits per heavy atom. The summed E-state index contributed by atoms with van der Waals surface area (Å²) >= 11 is 6.40. The van der Waals surface area contributed by atoms with Gasteiger partial charge in [0.05, 0.1) is 6.54 Å². The highest BCUT2D eigenvalue weighted by Gasteiger charge is 2.36. The summed E-state index contributed by atoms with van der Waals surface area (Å²) in [6, 6.07) is 6.42. The van der Waals surface area contributed by atoms with Gasteiger partial charge in [-0.15, -0.1) is 10.2 Å². The Morgan fingerprint density at radius 1 is 1.22 bits per heavy atom. The summed E-state index contributed by atoms with van der Waals surface area (Å²) in [5, 5.41) is 21.7. The fourth-order valence-corrected chi connectivity index (χ4v) is 5.43. The number of carbonyl (C=O) groups excluding carboxylic acids is 1. The van der Waals surface area contributed by atoms with Crippen molar-refractivity contribution in [2.45, 2.75) is 75.5 Å². The van der Waals surface area contributed by atoms with E-state index in [1.807, 2.05) is 0 Å². The molecule has 41 heavy (non-hydrogen) atoms. The molecule has 224 valence electrons. The minimum atomic E-state index is -4.72. The van der Waals surface area contributed by atoms with Crippen LogP contribution in [0.25, 0.3) is 5.70 Å². The Hall–Kier alpha value is -3.06. The SMILES string of the molecule is N=C(/C=C(\NC1CCCC1)c1ccccc1Cl)C(=O)N[C@@H](CCN1CCCC(F)(F)C1)Cc1nnc(C(F)(F)F)[nH]1. The van der Waals surface area contributed by atoms with Gasteiger partial charge in [0.2, 0.25) is 5.82 Å². The van der Waals surface area contributed by atoms with E-state index in [9.17, 15) is 26.7 Å². The van der Waals surface area contributed by atoms with Crippen LogP contribution < -0.4 is 10.6 Å². The number of hydrogen-bond donors (Lipinski definition) is 4. The van der Waals surface area contributed by atoms with Crippen LogP contribution in [0, 0.1) is 5.41 Å². The van der Waals surface area contributed by atoms with E-state index in [0.717, 1.165) is 25.7 Å². The predicted octanol–water partition coefficient (Wildman–Crippen LogP) is 5.22. The van der Waals surface area contributed by atoms with Crippen LogP contribution in [0.4, 0.5) is 22.0 Å². The predicted molar refractivity (Wildman–Crippen MR) is 145 cm³/mol. The van der Waals surface area contributed by atoms with Gasteiger partial charge in [0.15, 0.2) is 0 Å². The molecule has 1 aromatic heterocycles. The van der Waals surface area contributed by atoms with E-state index >= 15 is 0 Å². The number of H-pyrrole nitrogens is 1. The van der Waals surface area contributed by atoms with Crippen LogP contribution in [0.2, 0.25) is 5.02 Å². The molecule has 2 aliphatic rings. The Bertz CT molecular complexity index is 1240. The molecular weight excluding hydrogens is 569 g/mol. The first-order valence-electron chi connectivity index (χ1n) is 13.6. The lowest BCUT2D eigenvalue weighted by Gasteiger charge is -2.33. The number of amides is 1. The molecule has 8 nitrogen and oxygen atoms in total. The highest BCUT2D eigenvalue weighted by atomic mass is 35.5. The highest BCUT2D eigenvalue weighted by Crippen LogP contribution is 2.28. The second-order valence-corrected chi connectivity index (χ2v) is 11.0. The average Bonchev–Trinajstić information content (AvgIpc) is 3.59. The summed E-state index contributed by atoms with van der Waals surface area (Å²) in [6.45, 7) is 0.197. The third kappa shape index (κ3) is 8.96. The number of halogens is 6. The molecule has 4 N–H and O–H groups in total. The number of aromatic nitrogens is 3. The van der Waals surface area contributed by atoms with Crippen molar-refractivity contribution >= 4 is 28.9 Å². The van der Waals surface area contributed by atoms with Crippen molar-refractivity contribution in [2.75, 3.05) is 19.6 Å². The van der Waals surface area contributed by atoms with Gasteiger partial charge in [0.1, 0.15) is 11.5 Å². The molecule has 2 heterocycles. The molecule has 0 radical (unpaired) electrons. The summed E-state index contributed by atoms with van der Waals surface area (Å²) in [5.41, 5.74) is 0.746. The van der Waals surface area contributed by atoms with Crippen molar-refractivity contribution in [3.8, 4) is 0 Å². The number of hydrogen-bond acceptors (Lipinski definition) is 6. The molecule has 14 heteroatoms. The Balaban J connectivity index is 1.50. The topological polar surface area (TPSA) is 110 Å². The molecule has 2 fully saturated rings. The maximum absolute atomic E-state index is 13.9. The Kier molecular flexibility index (Phi) is 10.0. The molecule has 1 atom stereocenters. The third-order valence-electron chi connectivity index (χ3n) is 7.25. The third-order valence-corrected chi connectivity index (χ3v) is 7.58. The van der Waals surface area contributed by atoms with Crippen molar-refractivity contribution < 1.29 is 26.7 Å². The number of nitrogens with zero attached hydrogens (tertiary/aromatic N) is 3.